The van der Waals surface area contributed by atoms with Gasteiger partial charge in [0, 0.05) is 19.1 Å². The maximum absolute atomic E-state index is 12.0. The second-order valence-corrected chi connectivity index (χ2v) is 6.37. The molecule has 0 bridgehead atoms. The van der Waals surface area contributed by atoms with Crippen molar-refractivity contribution in [3.8, 4) is 17.6 Å². The predicted molar refractivity (Wildman–Crippen MR) is 89.7 cm³/mol. The number of fused-ring (bicyclic) bond motifs is 1. The Hall–Kier alpha value is -2.52. The van der Waals surface area contributed by atoms with E-state index in [9.17, 15) is 10.1 Å². The molecule has 128 valence electrons. The Balaban J connectivity index is 2.16. The van der Waals surface area contributed by atoms with E-state index in [1.54, 1.807) is 25.3 Å². The molecule has 1 aromatic rings. The monoisotopic (exact) mass is 330 g/mol. The smallest absolute Gasteiger partial charge is 0.262 e. The predicted octanol–water partition coefficient (Wildman–Crippen LogP) is 2.15. The van der Waals surface area contributed by atoms with Crippen LogP contribution < -0.4 is 14.8 Å². The normalized spacial score (nSPS) is 16.0. The highest BCUT2D eigenvalue weighted by Crippen LogP contribution is 2.34. The first-order valence-electron chi connectivity index (χ1n) is 7.74. The lowest BCUT2D eigenvalue weighted by Gasteiger charge is -2.19. The van der Waals surface area contributed by atoms with Crippen LogP contribution in [0.2, 0.25) is 0 Å². The van der Waals surface area contributed by atoms with Crippen molar-refractivity contribution >= 4 is 12.0 Å². The van der Waals surface area contributed by atoms with E-state index in [4.69, 9.17) is 14.2 Å². The summed E-state index contributed by atoms with van der Waals surface area (Å²) in [6, 6.07) is 7.28. The van der Waals surface area contributed by atoms with Gasteiger partial charge in [-0.25, -0.2) is 0 Å². The molecule has 1 amide bonds. The lowest BCUT2D eigenvalue weighted by molar-refractivity contribution is -0.117. The van der Waals surface area contributed by atoms with Crippen LogP contribution in [-0.4, -0.2) is 39.4 Å². The minimum Gasteiger partial charge on any atom is -0.489 e. The molecular formula is C18H22N2O4. The lowest BCUT2D eigenvalue weighted by atomic mass is 9.97. The van der Waals surface area contributed by atoms with Gasteiger partial charge in [0.15, 0.2) is 11.5 Å². The highest BCUT2D eigenvalue weighted by Gasteiger charge is 2.25. The Morgan fingerprint density at radius 1 is 1.38 bits per heavy atom. The van der Waals surface area contributed by atoms with Gasteiger partial charge in [0.1, 0.15) is 11.6 Å². The Morgan fingerprint density at radius 2 is 2.08 bits per heavy atom. The molecule has 6 heteroatoms. The number of amides is 1. The van der Waals surface area contributed by atoms with E-state index in [0.29, 0.717) is 43.4 Å². The van der Waals surface area contributed by atoms with Gasteiger partial charge >= 0.3 is 0 Å². The molecule has 0 unspecified atom stereocenters. The van der Waals surface area contributed by atoms with Crippen molar-refractivity contribution in [2.45, 2.75) is 13.8 Å². The van der Waals surface area contributed by atoms with Crippen LogP contribution in [0.3, 0.4) is 0 Å². The van der Waals surface area contributed by atoms with E-state index in [2.05, 4.69) is 19.2 Å². The molecule has 1 aliphatic heterocycles. The summed E-state index contributed by atoms with van der Waals surface area (Å²) in [5.74, 6) is 0.856. The standard InChI is InChI=1S/C18H22N2O4/c1-18(2)11-23-15-5-4-13(9-16(15)24-12-18)8-14(10-19)17(21)20-6-7-22-3/h4-5,8-9H,6-7,11-12H2,1-3H3,(H,20,21)/b14-8+. The van der Waals surface area contributed by atoms with Crippen LogP contribution in [0.25, 0.3) is 6.08 Å². The number of carbonyl (C=O) groups excluding carboxylic acids is 1. The zero-order valence-corrected chi connectivity index (χ0v) is 14.2. The van der Waals surface area contributed by atoms with Crippen LogP contribution in [0.5, 0.6) is 11.5 Å². The van der Waals surface area contributed by atoms with Crippen LogP contribution in [0.15, 0.2) is 23.8 Å². The van der Waals surface area contributed by atoms with Crippen molar-refractivity contribution in [2.24, 2.45) is 5.41 Å². The number of nitriles is 1. The summed E-state index contributed by atoms with van der Waals surface area (Å²) in [5.41, 5.74) is 0.657. The number of hydrogen-bond donors (Lipinski definition) is 1. The van der Waals surface area contributed by atoms with Crippen molar-refractivity contribution < 1.29 is 19.0 Å². The summed E-state index contributed by atoms with van der Waals surface area (Å²) < 4.78 is 16.4. The van der Waals surface area contributed by atoms with Crippen LogP contribution in [0, 0.1) is 16.7 Å². The number of rotatable bonds is 5. The molecule has 1 N–H and O–H groups in total. The Kier molecular flexibility index (Phi) is 5.83. The molecule has 1 aliphatic rings. The third-order valence-electron chi connectivity index (χ3n) is 3.47. The largest absolute Gasteiger partial charge is 0.489 e. The Labute approximate surface area is 142 Å². The molecule has 0 atom stereocenters. The zero-order chi connectivity index (χ0) is 17.6. The molecule has 0 saturated heterocycles. The molecule has 0 saturated carbocycles. The van der Waals surface area contributed by atoms with Gasteiger partial charge in [-0.05, 0) is 23.8 Å². The molecule has 0 radical (unpaired) electrons. The first kappa shape index (κ1) is 17.8. The fraction of sp³-hybridized carbons (Fsp3) is 0.444. The molecule has 1 aromatic carbocycles. The molecule has 24 heavy (non-hydrogen) atoms. The van der Waals surface area contributed by atoms with Gasteiger partial charge < -0.3 is 19.5 Å². The number of ether oxygens (including phenoxy) is 3. The summed E-state index contributed by atoms with van der Waals surface area (Å²) in [6.45, 7) is 5.99. The quantitative estimate of drug-likeness (QED) is 0.508. The van der Waals surface area contributed by atoms with Gasteiger partial charge in [-0.2, -0.15) is 5.26 Å². The van der Waals surface area contributed by atoms with Gasteiger partial charge in [-0.3, -0.25) is 4.79 Å². The topological polar surface area (TPSA) is 80.6 Å². The van der Waals surface area contributed by atoms with Crippen LogP contribution in [0.4, 0.5) is 0 Å². The molecule has 1 heterocycles. The molecular weight excluding hydrogens is 308 g/mol. The van der Waals surface area contributed by atoms with Gasteiger partial charge in [-0.1, -0.05) is 19.9 Å². The number of methoxy groups -OCH3 is 1. The summed E-state index contributed by atoms with van der Waals surface area (Å²) in [4.78, 5) is 12.0. The van der Waals surface area contributed by atoms with E-state index in [1.165, 1.54) is 6.08 Å². The van der Waals surface area contributed by atoms with Gasteiger partial charge in [0.25, 0.3) is 5.91 Å². The van der Waals surface area contributed by atoms with Crippen molar-refractivity contribution in [2.75, 3.05) is 33.5 Å². The van der Waals surface area contributed by atoms with Gasteiger partial charge in [0.2, 0.25) is 0 Å². The third kappa shape index (κ3) is 4.74. The maximum Gasteiger partial charge on any atom is 0.262 e. The van der Waals surface area contributed by atoms with Crippen molar-refractivity contribution in [3.05, 3.63) is 29.3 Å². The highest BCUT2D eigenvalue weighted by atomic mass is 16.5. The number of nitrogens with one attached hydrogen (secondary N) is 1. The molecule has 6 nitrogen and oxygen atoms in total. The van der Waals surface area contributed by atoms with E-state index >= 15 is 0 Å². The first-order chi connectivity index (χ1) is 11.4. The second-order valence-electron chi connectivity index (χ2n) is 6.37. The first-order valence-corrected chi connectivity index (χ1v) is 7.74. The Morgan fingerprint density at radius 3 is 2.75 bits per heavy atom. The SMILES string of the molecule is COCCNC(=O)/C(C#N)=C/c1ccc2c(c1)OCC(C)(C)CO2. The summed E-state index contributed by atoms with van der Waals surface area (Å²) in [6.07, 6.45) is 1.53. The highest BCUT2D eigenvalue weighted by molar-refractivity contribution is 6.01. The van der Waals surface area contributed by atoms with E-state index in [-0.39, 0.29) is 11.0 Å². The number of benzene rings is 1. The molecule has 0 spiro atoms. The molecule has 0 aromatic heterocycles. The average Bonchev–Trinajstić information content (AvgIpc) is 2.71. The van der Waals surface area contributed by atoms with Gasteiger partial charge in [-0.15, -0.1) is 0 Å². The number of carbonyl (C=O) groups is 1. The molecule has 2 rings (SSSR count). The zero-order valence-electron chi connectivity index (χ0n) is 14.2. The third-order valence-corrected chi connectivity index (χ3v) is 3.47. The average molecular weight is 330 g/mol. The minimum atomic E-state index is -0.428. The summed E-state index contributed by atoms with van der Waals surface area (Å²) in [5, 5.41) is 11.8. The van der Waals surface area contributed by atoms with Crippen LogP contribution in [0.1, 0.15) is 19.4 Å². The molecule has 0 fully saturated rings. The summed E-state index contributed by atoms with van der Waals surface area (Å²) in [7, 11) is 1.55. The van der Waals surface area contributed by atoms with Crippen LogP contribution >= 0.6 is 0 Å². The van der Waals surface area contributed by atoms with Crippen molar-refractivity contribution in [3.63, 3.8) is 0 Å². The lowest BCUT2D eigenvalue weighted by Crippen LogP contribution is -2.27. The van der Waals surface area contributed by atoms with Crippen molar-refractivity contribution in [1.82, 2.24) is 5.32 Å². The van der Waals surface area contributed by atoms with E-state index in [0.717, 1.165) is 0 Å². The fourth-order valence-electron chi connectivity index (χ4n) is 2.11. The second kappa shape index (κ2) is 7.84. The summed E-state index contributed by atoms with van der Waals surface area (Å²) >= 11 is 0. The van der Waals surface area contributed by atoms with Crippen LogP contribution in [-0.2, 0) is 9.53 Å². The Bertz CT molecular complexity index is 674. The molecule has 0 aliphatic carbocycles. The number of nitrogens with zero attached hydrogens (tertiary/aromatic N) is 1. The van der Waals surface area contributed by atoms with E-state index < -0.39 is 5.91 Å². The minimum absolute atomic E-state index is 0.0286. The van der Waals surface area contributed by atoms with Gasteiger partial charge in [0.05, 0.1) is 19.8 Å². The fourth-order valence-corrected chi connectivity index (χ4v) is 2.11. The van der Waals surface area contributed by atoms with Crippen molar-refractivity contribution in [1.29, 1.82) is 5.26 Å². The number of hydrogen-bond acceptors (Lipinski definition) is 5. The maximum atomic E-state index is 12.0. The van der Waals surface area contributed by atoms with E-state index in [1.807, 2.05) is 6.07 Å².